The number of carbonyl (C=O) groups excluding carboxylic acids is 3. The van der Waals surface area contributed by atoms with Crippen LogP contribution in [0.15, 0.2) is 23.9 Å². The second-order valence-corrected chi connectivity index (χ2v) is 4.77. The van der Waals surface area contributed by atoms with Crippen LogP contribution in [0, 0.1) is 0 Å². The summed E-state index contributed by atoms with van der Waals surface area (Å²) in [6.45, 7) is -0.508. The maximum absolute atomic E-state index is 12.1. The number of phenols is 1. The predicted molar refractivity (Wildman–Crippen MR) is 81.5 cm³/mol. The Labute approximate surface area is 137 Å². The van der Waals surface area contributed by atoms with Gasteiger partial charge in [-0.1, -0.05) is 0 Å². The van der Waals surface area contributed by atoms with Crippen molar-refractivity contribution in [2.45, 2.75) is 0 Å². The molecule has 1 aliphatic heterocycles. The van der Waals surface area contributed by atoms with Crippen molar-refractivity contribution in [1.29, 1.82) is 0 Å². The van der Waals surface area contributed by atoms with Crippen molar-refractivity contribution in [2.24, 2.45) is 0 Å². The third kappa shape index (κ3) is 3.15. The molecule has 0 spiro atoms. The topological polar surface area (TPSA) is 125 Å². The molecule has 0 atom stereocenters. The SMILES string of the molecule is COC(=O)c1cc(NC2=CC(=O)N(CCO)C2=O)c(O)c(OC)c1. The van der Waals surface area contributed by atoms with Crippen molar-refractivity contribution >= 4 is 23.5 Å². The van der Waals surface area contributed by atoms with Crippen LogP contribution in [0.5, 0.6) is 11.5 Å². The number of phenolic OH excluding ortho intramolecular Hbond substituents is 1. The van der Waals surface area contributed by atoms with Crippen LogP contribution in [-0.4, -0.2) is 60.3 Å². The molecule has 0 radical (unpaired) electrons. The number of β-amino-alcohol motifs (C(OH)–C–C–N with tert-alkyl or cyclic N) is 1. The summed E-state index contributed by atoms with van der Waals surface area (Å²) in [7, 11) is 2.50. The average molecular weight is 336 g/mol. The van der Waals surface area contributed by atoms with Crippen molar-refractivity contribution in [2.75, 3.05) is 32.7 Å². The van der Waals surface area contributed by atoms with E-state index in [-0.39, 0.29) is 41.6 Å². The van der Waals surface area contributed by atoms with Crippen molar-refractivity contribution in [3.05, 3.63) is 29.5 Å². The minimum Gasteiger partial charge on any atom is -0.503 e. The van der Waals surface area contributed by atoms with Gasteiger partial charge >= 0.3 is 5.97 Å². The van der Waals surface area contributed by atoms with Gasteiger partial charge in [-0.15, -0.1) is 0 Å². The Balaban J connectivity index is 2.36. The first-order valence-corrected chi connectivity index (χ1v) is 6.87. The fourth-order valence-corrected chi connectivity index (χ4v) is 2.15. The third-order valence-electron chi connectivity index (χ3n) is 3.32. The maximum atomic E-state index is 12.1. The summed E-state index contributed by atoms with van der Waals surface area (Å²) in [6, 6.07) is 2.54. The second kappa shape index (κ2) is 7.01. The molecule has 0 unspecified atom stereocenters. The number of nitrogens with one attached hydrogen (secondary N) is 1. The molecule has 1 aromatic rings. The summed E-state index contributed by atoms with van der Waals surface area (Å²) >= 11 is 0. The number of amides is 2. The van der Waals surface area contributed by atoms with Gasteiger partial charge in [-0.25, -0.2) is 4.79 Å². The molecule has 0 aliphatic carbocycles. The van der Waals surface area contributed by atoms with Gasteiger partial charge in [-0.3, -0.25) is 14.5 Å². The molecule has 1 aliphatic rings. The lowest BCUT2D eigenvalue weighted by Gasteiger charge is -2.15. The molecule has 0 saturated heterocycles. The number of imide groups is 1. The number of hydrogen-bond donors (Lipinski definition) is 3. The maximum Gasteiger partial charge on any atom is 0.338 e. The van der Waals surface area contributed by atoms with Gasteiger partial charge in [-0.2, -0.15) is 0 Å². The van der Waals surface area contributed by atoms with E-state index in [1.54, 1.807) is 0 Å². The molecule has 0 bridgehead atoms. The Bertz CT molecular complexity index is 727. The average Bonchev–Trinajstić information content (AvgIpc) is 2.83. The minimum absolute atomic E-state index is 0.00648. The third-order valence-corrected chi connectivity index (χ3v) is 3.32. The Morgan fingerprint density at radius 2 is 2.00 bits per heavy atom. The summed E-state index contributed by atoms with van der Waals surface area (Å²) < 4.78 is 9.59. The molecule has 0 fully saturated rings. The van der Waals surface area contributed by atoms with E-state index in [2.05, 4.69) is 10.1 Å². The van der Waals surface area contributed by atoms with E-state index in [1.165, 1.54) is 26.4 Å². The number of benzene rings is 1. The summed E-state index contributed by atoms with van der Waals surface area (Å²) in [5.74, 6) is -2.26. The monoisotopic (exact) mass is 336 g/mol. The Kier molecular flexibility index (Phi) is 5.05. The largest absolute Gasteiger partial charge is 0.503 e. The molecular formula is C15H16N2O7. The zero-order valence-electron chi connectivity index (χ0n) is 13.0. The summed E-state index contributed by atoms with van der Waals surface area (Å²) in [5.41, 5.74) is -0.0277. The number of aromatic hydroxyl groups is 1. The Morgan fingerprint density at radius 3 is 2.58 bits per heavy atom. The van der Waals surface area contributed by atoms with Gasteiger partial charge < -0.3 is 25.0 Å². The summed E-state index contributed by atoms with van der Waals surface area (Å²) in [6.07, 6.45) is 1.04. The highest BCUT2D eigenvalue weighted by Gasteiger charge is 2.31. The number of hydrogen-bond acceptors (Lipinski definition) is 8. The Hall–Kier alpha value is -3.07. The van der Waals surface area contributed by atoms with Gasteiger partial charge in [0.2, 0.25) is 0 Å². The van der Waals surface area contributed by atoms with Crippen LogP contribution >= 0.6 is 0 Å². The number of methoxy groups -OCH3 is 2. The van der Waals surface area contributed by atoms with Crippen LogP contribution in [-0.2, 0) is 14.3 Å². The van der Waals surface area contributed by atoms with E-state index in [1.807, 2.05) is 0 Å². The molecule has 2 amide bonds. The molecule has 9 nitrogen and oxygen atoms in total. The minimum atomic E-state index is -0.666. The molecule has 24 heavy (non-hydrogen) atoms. The van der Waals surface area contributed by atoms with E-state index < -0.39 is 17.8 Å². The van der Waals surface area contributed by atoms with Crippen molar-refractivity contribution in [3.8, 4) is 11.5 Å². The van der Waals surface area contributed by atoms with Gasteiger partial charge in [0.25, 0.3) is 11.8 Å². The van der Waals surface area contributed by atoms with E-state index in [9.17, 15) is 19.5 Å². The molecule has 3 N–H and O–H groups in total. The molecular weight excluding hydrogens is 320 g/mol. The number of esters is 1. The van der Waals surface area contributed by atoms with Gasteiger partial charge in [-0.05, 0) is 12.1 Å². The normalized spacial score (nSPS) is 13.8. The zero-order chi connectivity index (χ0) is 17.9. The molecule has 128 valence electrons. The molecule has 1 heterocycles. The number of nitrogens with zero attached hydrogens (tertiary/aromatic N) is 1. The van der Waals surface area contributed by atoms with Gasteiger partial charge in [0.1, 0.15) is 5.70 Å². The van der Waals surface area contributed by atoms with Gasteiger partial charge in [0.05, 0.1) is 38.6 Å². The van der Waals surface area contributed by atoms with E-state index >= 15 is 0 Å². The van der Waals surface area contributed by atoms with Crippen LogP contribution in [0.1, 0.15) is 10.4 Å². The first-order valence-electron chi connectivity index (χ1n) is 6.87. The molecule has 0 saturated carbocycles. The molecule has 1 aromatic carbocycles. The van der Waals surface area contributed by atoms with Gasteiger partial charge in [0, 0.05) is 6.08 Å². The lowest BCUT2D eigenvalue weighted by atomic mass is 10.1. The van der Waals surface area contributed by atoms with Crippen LogP contribution < -0.4 is 10.1 Å². The van der Waals surface area contributed by atoms with Crippen molar-refractivity contribution < 1.29 is 34.1 Å². The highest BCUT2D eigenvalue weighted by Crippen LogP contribution is 2.37. The van der Waals surface area contributed by atoms with Crippen molar-refractivity contribution in [3.63, 3.8) is 0 Å². The highest BCUT2D eigenvalue weighted by molar-refractivity contribution is 6.17. The lowest BCUT2D eigenvalue weighted by molar-refractivity contribution is -0.137. The van der Waals surface area contributed by atoms with E-state index in [0.29, 0.717) is 0 Å². The number of carbonyl (C=O) groups is 3. The molecule has 2 rings (SSSR count). The fraction of sp³-hybridized carbons (Fsp3) is 0.267. The smallest absolute Gasteiger partial charge is 0.338 e. The van der Waals surface area contributed by atoms with Crippen molar-refractivity contribution in [1.82, 2.24) is 4.90 Å². The van der Waals surface area contributed by atoms with Gasteiger partial charge in [0.15, 0.2) is 11.5 Å². The van der Waals surface area contributed by atoms with E-state index in [0.717, 1.165) is 11.0 Å². The van der Waals surface area contributed by atoms with Crippen LogP contribution in [0.2, 0.25) is 0 Å². The number of aliphatic hydroxyl groups excluding tert-OH is 1. The summed E-state index contributed by atoms with van der Waals surface area (Å²) in [5, 5.41) is 21.6. The first-order chi connectivity index (χ1) is 11.4. The van der Waals surface area contributed by atoms with E-state index in [4.69, 9.17) is 9.84 Å². The second-order valence-electron chi connectivity index (χ2n) is 4.77. The first kappa shape index (κ1) is 17.3. The zero-order valence-corrected chi connectivity index (χ0v) is 13.0. The number of aliphatic hydroxyl groups is 1. The number of ether oxygens (including phenoxy) is 2. The van der Waals surface area contributed by atoms with Crippen LogP contribution in [0.25, 0.3) is 0 Å². The summed E-state index contributed by atoms with van der Waals surface area (Å²) in [4.78, 5) is 36.4. The Morgan fingerprint density at radius 1 is 1.29 bits per heavy atom. The fourth-order valence-electron chi connectivity index (χ4n) is 2.15. The lowest BCUT2D eigenvalue weighted by Crippen LogP contribution is -2.34. The quantitative estimate of drug-likeness (QED) is 0.372. The molecule has 0 aromatic heterocycles. The number of rotatable bonds is 6. The number of anilines is 1. The highest BCUT2D eigenvalue weighted by atomic mass is 16.5. The van der Waals surface area contributed by atoms with Crippen LogP contribution in [0.3, 0.4) is 0 Å². The molecule has 9 heteroatoms. The predicted octanol–water partition coefficient (Wildman–Crippen LogP) is -0.156. The van der Waals surface area contributed by atoms with Crippen LogP contribution in [0.4, 0.5) is 5.69 Å². The standard InChI is InChI=1S/C15H16N2O7/c1-23-11-6-8(15(22)24-2)5-9(13(11)20)16-10-7-12(19)17(3-4-18)14(10)21/h5-7,16,18,20H,3-4H2,1-2H3.